The van der Waals surface area contributed by atoms with Gasteiger partial charge in [0.15, 0.2) is 5.82 Å². The van der Waals surface area contributed by atoms with Crippen molar-refractivity contribution in [2.75, 3.05) is 5.32 Å². The second kappa shape index (κ2) is 8.43. The molecule has 3 heterocycles. The highest BCUT2D eigenvalue weighted by atomic mass is 35.5. The molecule has 30 heavy (non-hydrogen) atoms. The number of carbonyl (C=O) groups is 1. The molecule has 0 saturated heterocycles. The van der Waals surface area contributed by atoms with Gasteiger partial charge >= 0.3 is 0 Å². The summed E-state index contributed by atoms with van der Waals surface area (Å²) in [6.07, 6.45) is 1.42. The number of aromatic nitrogens is 4. The molecule has 4 aromatic rings. The van der Waals surface area contributed by atoms with Crippen molar-refractivity contribution in [2.45, 2.75) is 13.8 Å². The normalized spacial score (nSPS) is 10.8. The average Bonchev–Trinajstić information content (AvgIpc) is 3.23. The van der Waals surface area contributed by atoms with Crippen molar-refractivity contribution in [3.63, 3.8) is 0 Å². The Morgan fingerprint density at radius 3 is 2.50 bits per heavy atom. The first-order valence-corrected chi connectivity index (χ1v) is 10.4. The number of ether oxygens (including phenoxy) is 1. The molecule has 0 radical (unpaired) electrons. The molecule has 152 valence electrons. The molecule has 0 bridgehead atoms. The highest BCUT2D eigenvalue weighted by Gasteiger charge is 2.14. The lowest BCUT2D eigenvalue weighted by Crippen LogP contribution is -2.11. The van der Waals surface area contributed by atoms with E-state index < -0.39 is 0 Å². The molecule has 0 aliphatic rings. The number of thiophene rings is 1. The molecule has 0 aliphatic carbocycles. The fourth-order valence-corrected chi connectivity index (χ4v) is 4.24. The molecule has 4 rings (SSSR count). The molecule has 1 N–H and O–H groups in total. The molecule has 0 aliphatic heterocycles. The second-order valence-corrected chi connectivity index (χ2v) is 8.66. The first kappa shape index (κ1) is 20.3. The van der Waals surface area contributed by atoms with Crippen molar-refractivity contribution >= 4 is 46.1 Å². The topological polar surface area (TPSA) is 81.9 Å². The van der Waals surface area contributed by atoms with Gasteiger partial charge in [0.1, 0.15) is 16.4 Å². The Morgan fingerprint density at radius 1 is 1.10 bits per heavy atom. The molecule has 3 aromatic heterocycles. The maximum Gasteiger partial charge on any atom is 0.258 e. The summed E-state index contributed by atoms with van der Waals surface area (Å²) >= 11 is 13.1. The van der Waals surface area contributed by atoms with Crippen molar-refractivity contribution in [3.8, 4) is 17.4 Å². The predicted molar refractivity (Wildman–Crippen MR) is 117 cm³/mol. The Morgan fingerprint density at radius 2 is 1.87 bits per heavy atom. The second-order valence-electron chi connectivity index (χ2n) is 6.37. The minimum atomic E-state index is -0.331. The molecule has 0 unspecified atom stereocenters. The number of rotatable bonds is 5. The van der Waals surface area contributed by atoms with Gasteiger partial charge in [0, 0.05) is 17.4 Å². The van der Waals surface area contributed by atoms with Crippen LogP contribution in [0.3, 0.4) is 0 Å². The predicted octanol–water partition coefficient (Wildman–Crippen LogP) is 5.69. The van der Waals surface area contributed by atoms with Gasteiger partial charge in [-0.1, -0.05) is 23.2 Å². The Kier molecular flexibility index (Phi) is 5.72. The van der Waals surface area contributed by atoms with Crippen LogP contribution >= 0.6 is 34.5 Å². The third kappa shape index (κ3) is 4.46. The van der Waals surface area contributed by atoms with E-state index in [1.54, 1.807) is 35.0 Å². The van der Waals surface area contributed by atoms with Gasteiger partial charge in [-0.3, -0.25) is 4.79 Å². The molecule has 1 aromatic carbocycles. The Bertz CT molecular complexity index is 1220. The summed E-state index contributed by atoms with van der Waals surface area (Å²) in [6.45, 7) is 3.87. The lowest BCUT2D eigenvalue weighted by atomic mass is 10.2. The van der Waals surface area contributed by atoms with Gasteiger partial charge in [-0.2, -0.15) is 5.10 Å². The molecule has 1 amide bonds. The zero-order valence-corrected chi connectivity index (χ0v) is 18.2. The Hall–Kier alpha value is -2.94. The van der Waals surface area contributed by atoms with E-state index in [-0.39, 0.29) is 5.91 Å². The van der Waals surface area contributed by atoms with Crippen molar-refractivity contribution in [1.29, 1.82) is 0 Å². The highest BCUT2D eigenvalue weighted by molar-refractivity contribution is 7.20. The Labute approximate surface area is 186 Å². The lowest BCUT2D eigenvalue weighted by molar-refractivity contribution is 0.102. The SMILES string of the molecule is Cc1cc(C)n(-c2cc(Oc3ccc(NC(=O)c4cc(Cl)sc4Cl)cc3)ncn2)n1. The summed E-state index contributed by atoms with van der Waals surface area (Å²) < 4.78 is 8.34. The number of anilines is 1. The molecular formula is C20H15Cl2N5O2S. The quantitative estimate of drug-likeness (QED) is 0.414. The van der Waals surface area contributed by atoms with E-state index in [2.05, 4.69) is 20.4 Å². The van der Waals surface area contributed by atoms with Gasteiger partial charge in [0.25, 0.3) is 5.91 Å². The molecule has 10 heteroatoms. The van der Waals surface area contributed by atoms with E-state index in [0.29, 0.717) is 37.4 Å². The maximum absolute atomic E-state index is 12.3. The zero-order valence-electron chi connectivity index (χ0n) is 15.9. The van der Waals surface area contributed by atoms with E-state index in [1.165, 1.54) is 12.4 Å². The third-order valence-electron chi connectivity index (χ3n) is 4.09. The third-order valence-corrected chi connectivity index (χ3v) is 5.58. The summed E-state index contributed by atoms with van der Waals surface area (Å²) in [5, 5.41) is 7.19. The van der Waals surface area contributed by atoms with Crippen LogP contribution in [0.4, 0.5) is 5.69 Å². The number of nitrogens with zero attached hydrogens (tertiary/aromatic N) is 4. The number of carbonyl (C=O) groups excluding carboxylic acids is 1. The van der Waals surface area contributed by atoms with Crippen LogP contribution in [0.25, 0.3) is 5.82 Å². The molecule has 0 spiro atoms. The highest BCUT2D eigenvalue weighted by Crippen LogP contribution is 2.32. The minimum Gasteiger partial charge on any atom is -0.439 e. The molecule has 0 fully saturated rings. The van der Waals surface area contributed by atoms with Gasteiger partial charge in [-0.25, -0.2) is 14.6 Å². The summed E-state index contributed by atoms with van der Waals surface area (Å²) in [4.78, 5) is 20.7. The number of hydrogen-bond donors (Lipinski definition) is 1. The smallest absolute Gasteiger partial charge is 0.258 e. The van der Waals surface area contributed by atoms with E-state index in [4.69, 9.17) is 27.9 Å². The number of hydrogen-bond acceptors (Lipinski definition) is 6. The van der Waals surface area contributed by atoms with Crippen molar-refractivity contribution < 1.29 is 9.53 Å². The van der Waals surface area contributed by atoms with Gasteiger partial charge in [0.05, 0.1) is 15.6 Å². The summed E-state index contributed by atoms with van der Waals surface area (Å²) in [5.41, 5.74) is 2.79. The van der Waals surface area contributed by atoms with E-state index in [1.807, 2.05) is 19.9 Å². The minimum absolute atomic E-state index is 0.331. The van der Waals surface area contributed by atoms with Crippen LogP contribution in [-0.2, 0) is 0 Å². The van der Waals surface area contributed by atoms with Crippen LogP contribution in [0.1, 0.15) is 21.7 Å². The van der Waals surface area contributed by atoms with Crippen LogP contribution in [0, 0.1) is 13.8 Å². The fourth-order valence-electron chi connectivity index (χ4n) is 2.78. The lowest BCUT2D eigenvalue weighted by Gasteiger charge is -2.08. The summed E-state index contributed by atoms with van der Waals surface area (Å²) in [7, 11) is 0. The van der Waals surface area contributed by atoms with Gasteiger partial charge in [-0.05, 0) is 50.2 Å². The van der Waals surface area contributed by atoms with Crippen LogP contribution < -0.4 is 10.1 Å². The zero-order chi connectivity index (χ0) is 21.3. The van der Waals surface area contributed by atoms with Crippen LogP contribution in [0.15, 0.2) is 48.8 Å². The van der Waals surface area contributed by atoms with E-state index >= 15 is 0 Å². The number of amides is 1. The molecule has 0 saturated carbocycles. The van der Waals surface area contributed by atoms with Crippen molar-refractivity contribution in [1.82, 2.24) is 19.7 Å². The largest absolute Gasteiger partial charge is 0.439 e. The van der Waals surface area contributed by atoms with Crippen LogP contribution in [-0.4, -0.2) is 25.7 Å². The van der Waals surface area contributed by atoms with E-state index in [0.717, 1.165) is 22.7 Å². The van der Waals surface area contributed by atoms with Crippen molar-refractivity contribution in [2.24, 2.45) is 0 Å². The van der Waals surface area contributed by atoms with Crippen molar-refractivity contribution in [3.05, 3.63) is 74.4 Å². The summed E-state index contributed by atoms with van der Waals surface area (Å²) in [5.74, 6) is 1.22. The average molecular weight is 460 g/mol. The maximum atomic E-state index is 12.3. The number of aryl methyl sites for hydroxylation is 2. The number of nitrogens with one attached hydrogen (secondary N) is 1. The number of halogens is 2. The van der Waals surface area contributed by atoms with E-state index in [9.17, 15) is 4.79 Å². The monoisotopic (exact) mass is 459 g/mol. The molecule has 7 nitrogen and oxygen atoms in total. The van der Waals surface area contributed by atoms with Crippen LogP contribution in [0.5, 0.6) is 11.6 Å². The fraction of sp³-hybridized carbons (Fsp3) is 0.100. The van der Waals surface area contributed by atoms with Gasteiger partial charge < -0.3 is 10.1 Å². The first-order chi connectivity index (χ1) is 14.4. The summed E-state index contributed by atoms with van der Waals surface area (Å²) in [6, 6.07) is 12.1. The molecular weight excluding hydrogens is 445 g/mol. The number of benzene rings is 1. The first-order valence-electron chi connectivity index (χ1n) is 8.79. The molecule has 0 atom stereocenters. The van der Waals surface area contributed by atoms with Gasteiger partial charge in [0.2, 0.25) is 5.88 Å². The van der Waals surface area contributed by atoms with Gasteiger partial charge in [-0.15, -0.1) is 11.3 Å². The Balaban J connectivity index is 1.46. The van der Waals surface area contributed by atoms with Crippen LogP contribution in [0.2, 0.25) is 8.67 Å². The standard InChI is InChI=1S/C20H15Cl2N5O2S/c1-11-7-12(2)27(26-11)17-9-18(24-10-23-17)29-14-5-3-13(4-6-14)25-20(28)15-8-16(21)30-19(15)22/h3-10H,1-2H3,(H,25,28).